The van der Waals surface area contributed by atoms with E-state index < -0.39 is 51.3 Å². The van der Waals surface area contributed by atoms with Crippen molar-refractivity contribution in [1.29, 1.82) is 0 Å². The quantitative estimate of drug-likeness (QED) is 0.185. The fourth-order valence-electron chi connectivity index (χ4n) is 7.06. The van der Waals surface area contributed by atoms with E-state index in [0.717, 1.165) is 5.56 Å². The van der Waals surface area contributed by atoms with Crippen LogP contribution in [0.15, 0.2) is 133 Å². The number of rotatable bonds is 4. The molecule has 9 heteroatoms. The maximum atomic E-state index is 17.2. The van der Waals surface area contributed by atoms with Gasteiger partial charge < -0.3 is 4.98 Å². The summed E-state index contributed by atoms with van der Waals surface area (Å²) >= 11 is 0. The first-order valence-electron chi connectivity index (χ1n) is 16.7. The third-order valence-corrected chi connectivity index (χ3v) is 9.41. The normalized spacial score (nSPS) is 12.5. The second kappa shape index (κ2) is 12.7. The Balaban J connectivity index is 1.58. The van der Waals surface area contributed by atoms with E-state index in [4.69, 9.17) is 4.98 Å². The number of H-pyrrole nitrogens is 1. The molecule has 256 valence electrons. The van der Waals surface area contributed by atoms with Crippen molar-refractivity contribution in [1.82, 2.24) is 19.7 Å². The second-order valence-corrected chi connectivity index (χ2v) is 12.5. The molecule has 7 aromatic rings. The second-order valence-electron chi connectivity index (χ2n) is 12.5. The zero-order valence-corrected chi connectivity index (χ0v) is 27.6. The number of benzene rings is 4. The van der Waals surface area contributed by atoms with Gasteiger partial charge in [-0.3, -0.25) is 0 Å². The first-order valence-corrected chi connectivity index (χ1v) is 16.7. The molecule has 53 heavy (non-hydrogen) atoms. The van der Waals surface area contributed by atoms with Gasteiger partial charge in [0.15, 0.2) is 23.3 Å². The van der Waals surface area contributed by atoms with Crippen molar-refractivity contribution in [2.75, 3.05) is 0 Å². The van der Waals surface area contributed by atoms with E-state index in [-0.39, 0.29) is 27.2 Å². The van der Waals surface area contributed by atoms with Crippen molar-refractivity contribution in [3.63, 3.8) is 0 Å². The van der Waals surface area contributed by atoms with Gasteiger partial charge >= 0.3 is 0 Å². The molecule has 0 radical (unpaired) electrons. The van der Waals surface area contributed by atoms with Crippen molar-refractivity contribution in [3.05, 3.63) is 168 Å². The Labute approximate surface area is 299 Å². The van der Waals surface area contributed by atoms with Gasteiger partial charge in [-0.1, -0.05) is 126 Å². The molecule has 0 fully saturated rings. The number of fused-ring (bicyclic) bond motifs is 8. The van der Waals surface area contributed by atoms with Crippen molar-refractivity contribution in [2.24, 2.45) is 0 Å². The predicted octanol–water partition coefficient (Wildman–Crippen LogP) is 12.4. The lowest BCUT2D eigenvalue weighted by Crippen LogP contribution is -1.94. The maximum Gasteiger partial charge on any atom is 0.188 e. The molecule has 8 bridgehead atoms. The lowest BCUT2D eigenvalue weighted by atomic mass is 10.0. The van der Waals surface area contributed by atoms with E-state index in [1.54, 1.807) is 97.1 Å². The van der Waals surface area contributed by atoms with Gasteiger partial charge in [0.1, 0.15) is 22.4 Å². The van der Waals surface area contributed by atoms with E-state index in [9.17, 15) is 0 Å². The fourth-order valence-corrected chi connectivity index (χ4v) is 7.06. The van der Waals surface area contributed by atoms with Crippen LogP contribution in [0.1, 0.15) is 22.8 Å². The molecule has 0 saturated heterocycles. The number of aromatic amines is 1. The van der Waals surface area contributed by atoms with Gasteiger partial charge in [-0.2, -0.15) is 4.79 Å². The molecule has 9 rings (SSSR count). The van der Waals surface area contributed by atoms with Crippen LogP contribution < -0.4 is 0 Å². The van der Waals surface area contributed by atoms with E-state index in [2.05, 4.69) is 9.97 Å². The van der Waals surface area contributed by atoms with E-state index in [1.165, 1.54) is 12.1 Å². The Morgan fingerprint density at radius 2 is 0.792 bits per heavy atom. The highest BCUT2D eigenvalue weighted by Crippen LogP contribution is 2.45. The highest BCUT2D eigenvalue weighted by atomic mass is 19.2. The van der Waals surface area contributed by atoms with Gasteiger partial charge in [0, 0.05) is 33.3 Å². The molecule has 4 aromatic carbocycles. The molecule has 0 unspecified atom stereocenters. The third-order valence-electron chi connectivity index (χ3n) is 9.41. The van der Waals surface area contributed by atoms with Crippen LogP contribution in [-0.4, -0.2) is 19.7 Å². The van der Waals surface area contributed by atoms with Crippen LogP contribution in [0, 0.1) is 11.6 Å². The van der Waals surface area contributed by atoms with Crippen LogP contribution in [0.4, 0.5) is 22.0 Å². The summed E-state index contributed by atoms with van der Waals surface area (Å²) in [5, 5.41) is 0. The molecule has 0 atom stereocenters. The van der Waals surface area contributed by atoms with E-state index >= 15 is 22.0 Å². The molecule has 3 aromatic heterocycles. The molecule has 5 heterocycles. The summed E-state index contributed by atoms with van der Waals surface area (Å²) in [6.07, 6.45) is 3.35. The van der Waals surface area contributed by atoms with Crippen molar-refractivity contribution < 1.29 is 22.0 Å². The minimum atomic E-state index is -1.60. The van der Waals surface area contributed by atoms with Gasteiger partial charge in [0.25, 0.3) is 0 Å². The van der Waals surface area contributed by atoms with Gasteiger partial charge in [-0.15, -0.1) is 0 Å². The molecule has 0 spiro atoms. The summed E-state index contributed by atoms with van der Waals surface area (Å²) in [7, 11) is 0. The summed E-state index contributed by atoms with van der Waals surface area (Å²) in [6.45, 7) is 0. The summed E-state index contributed by atoms with van der Waals surface area (Å²) in [6, 6.07) is 37.8. The number of nitrogens with zero attached hydrogens (tertiary/aromatic N) is 3. The highest BCUT2D eigenvalue weighted by Gasteiger charge is 2.32. The average molecular weight is 705 g/mol. The lowest BCUT2D eigenvalue weighted by Gasteiger charge is -2.08. The lowest BCUT2D eigenvalue weighted by molar-refractivity contribution is 0.400. The smallest absolute Gasteiger partial charge is 0.188 e. The predicted molar refractivity (Wildman–Crippen MR) is 201 cm³/mol. The zero-order valence-electron chi connectivity index (χ0n) is 27.6. The minimum Gasteiger partial charge on any atom is -0.354 e. The monoisotopic (exact) mass is 704 g/mol. The molecule has 0 amide bonds. The van der Waals surface area contributed by atoms with Crippen molar-refractivity contribution in [3.8, 4) is 44.5 Å². The van der Waals surface area contributed by atoms with E-state index in [0.29, 0.717) is 33.4 Å². The molecule has 0 aliphatic carbocycles. The number of halogens is 5. The molecule has 2 aliphatic heterocycles. The van der Waals surface area contributed by atoms with Crippen LogP contribution in [0.5, 0.6) is 0 Å². The summed E-state index contributed by atoms with van der Waals surface area (Å²) in [4.78, 5) is 12.6. The van der Waals surface area contributed by atoms with E-state index in [1.807, 2.05) is 36.4 Å². The molecule has 0 saturated carbocycles. The zero-order chi connectivity index (χ0) is 36.2. The van der Waals surface area contributed by atoms with Crippen molar-refractivity contribution >= 4 is 45.9 Å². The third kappa shape index (κ3) is 5.19. The number of nitrogens with one attached hydrogen (secondary N) is 1. The standard InChI is InChI=1S/C44H25F5N4/c45-37-38(46)42-36(28-19-11-4-12-20-28)44-40(48)39(47)43(53(44)49)35(27-17-9-3-10-18-27)32-24-22-30(51-32)33(25-13-5-1-6-14-25)29-21-23-31(50-29)34(41(37)52-42)26-15-7-2-8-16-26/h1-24,50H. The molecule has 2 aliphatic rings. The first kappa shape index (κ1) is 32.1. The Morgan fingerprint density at radius 3 is 1.30 bits per heavy atom. The number of aromatic nitrogens is 4. The Kier molecular flexibility index (Phi) is 7.69. The van der Waals surface area contributed by atoms with Gasteiger partial charge in [-0.25, -0.2) is 27.5 Å². The Bertz CT molecular complexity index is 2810. The topological polar surface area (TPSA) is 46.5 Å². The SMILES string of the molecule is FC1=C(F)c2nc1c(-c1ccccc1)c1ccc([nH]1)c(-c1ccccc1)c1nc(c(-c3ccccc3)c3c(F)c(F)c(c2-c2ccccc2)n3F)C=C1. The summed E-state index contributed by atoms with van der Waals surface area (Å²) in [5.41, 5.74) is 0.729. The van der Waals surface area contributed by atoms with Gasteiger partial charge in [-0.05, 0) is 46.5 Å². The molecular formula is C44H25F5N4. The fraction of sp³-hybridized carbons (Fsp3) is 0. The summed E-state index contributed by atoms with van der Waals surface area (Å²) < 4.78 is 83.3. The molecule has 4 nitrogen and oxygen atoms in total. The largest absolute Gasteiger partial charge is 0.354 e. The van der Waals surface area contributed by atoms with Gasteiger partial charge in [0.2, 0.25) is 0 Å². The van der Waals surface area contributed by atoms with Crippen LogP contribution in [0.2, 0.25) is 0 Å². The summed E-state index contributed by atoms with van der Waals surface area (Å²) in [5.74, 6) is -5.92. The number of hydrogen-bond donors (Lipinski definition) is 1. The van der Waals surface area contributed by atoms with Crippen LogP contribution >= 0.6 is 0 Å². The highest BCUT2D eigenvalue weighted by molar-refractivity contribution is 6.03. The maximum absolute atomic E-state index is 17.2. The first-order chi connectivity index (χ1) is 25.9. The van der Waals surface area contributed by atoms with Crippen LogP contribution in [0.3, 0.4) is 0 Å². The average Bonchev–Trinajstić information content (AvgIpc) is 3.98. The minimum absolute atomic E-state index is 0.0522. The van der Waals surface area contributed by atoms with Crippen molar-refractivity contribution in [2.45, 2.75) is 0 Å². The van der Waals surface area contributed by atoms with Gasteiger partial charge in [0.05, 0.1) is 11.4 Å². The molecule has 1 N–H and O–H groups in total. The van der Waals surface area contributed by atoms with Crippen LogP contribution in [-0.2, 0) is 0 Å². The Hall–Kier alpha value is -6.87. The molecular weight excluding hydrogens is 680 g/mol. The Morgan fingerprint density at radius 1 is 0.415 bits per heavy atom. The number of hydrogen-bond acceptors (Lipinski definition) is 2. The van der Waals surface area contributed by atoms with Crippen LogP contribution in [0.25, 0.3) is 90.4 Å².